The highest BCUT2D eigenvalue weighted by atomic mass is 16.5. The van der Waals surface area contributed by atoms with Gasteiger partial charge < -0.3 is 24.4 Å². The Hall–Kier alpha value is -1.96. The summed E-state index contributed by atoms with van der Waals surface area (Å²) < 4.78 is 19.1. The molecule has 4 bridgehead atoms. The lowest BCUT2D eigenvalue weighted by Gasteiger charge is -2.37. The summed E-state index contributed by atoms with van der Waals surface area (Å²) in [6.07, 6.45) is 23.0. The van der Waals surface area contributed by atoms with E-state index < -0.39 is 0 Å². The van der Waals surface area contributed by atoms with Crippen molar-refractivity contribution in [1.82, 2.24) is 10.2 Å². The van der Waals surface area contributed by atoms with Crippen molar-refractivity contribution < 1.29 is 23.8 Å². The minimum absolute atomic E-state index is 0.0725. The maximum absolute atomic E-state index is 13.2. The van der Waals surface area contributed by atoms with Crippen LogP contribution in [0.5, 0.6) is 0 Å². The molecule has 0 aromatic heterocycles. The summed E-state index contributed by atoms with van der Waals surface area (Å²) in [6, 6.07) is 0. The van der Waals surface area contributed by atoms with Crippen molar-refractivity contribution in [2.45, 2.75) is 135 Å². The number of hydrogen-bond acceptors (Lipinski definition) is 6. The van der Waals surface area contributed by atoms with Gasteiger partial charge in [-0.25, -0.2) is 0 Å². The SMILES string of the molecule is C/C=C1\CC2CC(=O)OC(/C=C/CCCCCC(=O)N3CCNCC3)C(C)/C=C/C(C)CC3CCCC(CC(C1)O2)O3. The smallest absolute Gasteiger partial charge is 0.309 e. The standard InChI is InChI=1S/C35H56N2O5/c1-4-28-22-31-24-30-12-10-11-29(40-30)21-26(2)15-16-27(3)33(42-35(39)25-32(23-28)41-31)13-8-6-5-7-9-14-34(38)37-19-17-36-18-20-37/h4,8,13,15-16,26-27,29-33,36H,5-7,9-12,14,17-25H2,1-3H3/b13-8+,16-15+,28-4-. The Bertz CT molecular complexity index is 940. The molecule has 7 unspecified atom stereocenters. The predicted octanol–water partition coefficient (Wildman–Crippen LogP) is 6.28. The number of piperazine rings is 1. The Kier molecular flexibility index (Phi) is 13.6. The van der Waals surface area contributed by atoms with E-state index in [4.69, 9.17) is 14.2 Å². The Morgan fingerprint density at radius 1 is 0.952 bits per heavy atom. The van der Waals surface area contributed by atoms with Gasteiger partial charge in [-0.3, -0.25) is 9.59 Å². The van der Waals surface area contributed by atoms with E-state index in [1.165, 1.54) is 12.0 Å². The summed E-state index contributed by atoms with van der Waals surface area (Å²) in [6.45, 7) is 9.93. The number of cyclic esters (lactones) is 1. The zero-order chi connectivity index (χ0) is 29.7. The van der Waals surface area contributed by atoms with Crippen LogP contribution < -0.4 is 5.32 Å². The van der Waals surface area contributed by atoms with Gasteiger partial charge in [0.05, 0.1) is 30.8 Å². The van der Waals surface area contributed by atoms with Crippen LogP contribution in [0.3, 0.4) is 0 Å². The van der Waals surface area contributed by atoms with E-state index in [2.05, 4.69) is 56.5 Å². The number of carbonyl (C=O) groups excluding carboxylic acids is 2. The molecule has 42 heavy (non-hydrogen) atoms. The summed E-state index contributed by atoms with van der Waals surface area (Å²) >= 11 is 0. The average Bonchev–Trinajstić information content (AvgIpc) is 2.98. The lowest BCUT2D eigenvalue weighted by Crippen LogP contribution is -2.46. The third-order valence-electron chi connectivity index (χ3n) is 9.35. The fourth-order valence-corrected chi connectivity index (χ4v) is 6.85. The highest BCUT2D eigenvalue weighted by molar-refractivity contribution is 5.76. The summed E-state index contributed by atoms with van der Waals surface area (Å²) in [5.74, 6) is 0.567. The lowest BCUT2D eigenvalue weighted by atomic mass is 9.90. The molecule has 4 heterocycles. The predicted molar refractivity (Wildman–Crippen MR) is 167 cm³/mol. The molecule has 7 nitrogen and oxygen atoms in total. The van der Waals surface area contributed by atoms with E-state index in [0.29, 0.717) is 18.4 Å². The second kappa shape index (κ2) is 17.4. The van der Waals surface area contributed by atoms with Crippen molar-refractivity contribution in [3.8, 4) is 0 Å². The van der Waals surface area contributed by atoms with Crippen molar-refractivity contribution in [3.05, 3.63) is 36.0 Å². The van der Waals surface area contributed by atoms with Crippen molar-refractivity contribution in [2.24, 2.45) is 11.8 Å². The number of unbranched alkanes of at least 4 members (excludes halogenated alkanes) is 3. The fraction of sp³-hybridized carbons (Fsp3) is 0.771. The molecule has 4 rings (SSSR count). The molecule has 236 valence electrons. The molecule has 3 fully saturated rings. The topological polar surface area (TPSA) is 77.1 Å². The summed E-state index contributed by atoms with van der Waals surface area (Å²) in [7, 11) is 0. The average molecular weight is 585 g/mol. The first-order valence-corrected chi connectivity index (χ1v) is 16.9. The van der Waals surface area contributed by atoms with Gasteiger partial charge in [0.15, 0.2) is 0 Å². The van der Waals surface area contributed by atoms with E-state index >= 15 is 0 Å². The molecule has 7 heteroatoms. The van der Waals surface area contributed by atoms with Crippen LogP contribution in [-0.2, 0) is 23.8 Å². The summed E-state index contributed by atoms with van der Waals surface area (Å²) in [4.78, 5) is 27.6. The number of allylic oxidation sites excluding steroid dienone is 3. The van der Waals surface area contributed by atoms with Gasteiger partial charge in [0.2, 0.25) is 5.91 Å². The van der Waals surface area contributed by atoms with Crippen molar-refractivity contribution >= 4 is 11.9 Å². The molecule has 0 saturated carbocycles. The van der Waals surface area contributed by atoms with Crippen LogP contribution in [0.2, 0.25) is 0 Å². The highest BCUT2D eigenvalue weighted by Gasteiger charge is 2.32. The third-order valence-corrected chi connectivity index (χ3v) is 9.35. The molecule has 1 amide bonds. The van der Waals surface area contributed by atoms with E-state index in [9.17, 15) is 9.59 Å². The van der Waals surface area contributed by atoms with Gasteiger partial charge in [-0.15, -0.1) is 0 Å². The minimum atomic E-state index is -0.306. The van der Waals surface area contributed by atoms with Crippen molar-refractivity contribution in [1.29, 1.82) is 0 Å². The molecule has 0 spiro atoms. The van der Waals surface area contributed by atoms with Crippen LogP contribution in [0.15, 0.2) is 36.0 Å². The Morgan fingerprint density at radius 3 is 2.48 bits per heavy atom. The van der Waals surface area contributed by atoms with E-state index in [1.807, 2.05) is 4.90 Å². The maximum atomic E-state index is 13.2. The van der Waals surface area contributed by atoms with Gasteiger partial charge in [-0.2, -0.15) is 0 Å². The van der Waals surface area contributed by atoms with Gasteiger partial charge in [0.1, 0.15) is 6.10 Å². The molecular weight excluding hydrogens is 528 g/mol. The van der Waals surface area contributed by atoms with Gasteiger partial charge in [0.25, 0.3) is 0 Å². The number of fused-ring (bicyclic) bond motifs is 4. The zero-order valence-corrected chi connectivity index (χ0v) is 26.4. The molecular formula is C35H56N2O5. The second-order valence-electron chi connectivity index (χ2n) is 13.1. The number of hydrogen-bond donors (Lipinski definition) is 1. The Morgan fingerprint density at radius 2 is 1.69 bits per heavy atom. The lowest BCUT2D eigenvalue weighted by molar-refractivity contribution is -0.154. The van der Waals surface area contributed by atoms with E-state index in [-0.39, 0.29) is 48.6 Å². The van der Waals surface area contributed by atoms with Crippen LogP contribution in [-0.4, -0.2) is 73.5 Å². The molecule has 3 saturated heterocycles. The van der Waals surface area contributed by atoms with Crippen LogP contribution in [0.1, 0.15) is 104 Å². The number of carbonyl (C=O) groups is 2. The zero-order valence-electron chi connectivity index (χ0n) is 26.4. The fourth-order valence-electron chi connectivity index (χ4n) is 6.85. The monoisotopic (exact) mass is 584 g/mol. The van der Waals surface area contributed by atoms with Crippen molar-refractivity contribution in [2.75, 3.05) is 26.2 Å². The summed E-state index contributed by atoms with van der Waals surface area (Å²) in [5.41, 5.74) is 1.37. The van der Waals surface area contributed by atoms with Gasteiger partial charge in [0, 0.05) is 44.9 Å². The first-order valence-electron chi connectivity index (χ1n) is 16.9. The van der Waals surface area contributed by atoms with Gasteiger partial charge in [-0.1, -0.05) is 50.1 Å². The molecule has 0 aromatic rings. The second-order valence-corrected chi connectivity index (χ2v) is 13.1. The molecule has 4 aliphatic heterocycles. The summed E-state index contributed by atoms with van der Waals surface area (Å²) in [5, 5.41) is 3.30. The first-order chi connectivity index (χ1) is 20.4. The maximum Gasteiger partial charge on any atom is 0.309 e. The van der Waals surface area contributed by atoms with Crippen LogP contribution >= 0.6 is 0 Å². The number of esters is 1. The number of nitrogens with one attached hydrogen (secondary N) is 1. The number of nitrogens with zero attached hydrogens (tertiary/aromatic N) is 1. The number of ether oxygens (including phenoxy) is 3. The Balaban J connectivity index is 1.33. The molecule has 4 aliphatic rings. The van der Waals surface area contributed by atoms with E-state index in [0.717, 1.165) is 90.4 Å². The van der Waals surface area contributed by atoms with E-state index in [1.54, 1.807) is 0 Å². The van der Waals surface area contributed by atoms with Gasteiger partial charge >= 0.3 is 5.97 Å². The molecule has 0 radical (unpaired) electrons. The molecule has 0 aliphatic carbocycles. The Labute approximate surface area is 254 Å². The molecule has 1 N–H and O–H groups in total. The molecule has 0 aromatic carbocycles. The first kappa shape index (κ1) is 32.9. The highest BCUT2D eigenvalue weighted by Crippen LogP contribution is 2.33. The molecule has 7 atom stereocenters. The quantitative estimate of drug-likeness (QED) is 0.216. The van der Waals surface area contributed by atoms with Crippen LogP contribution in [0, 0.1) is 11.8 Å². The largest absolute Gasteiger partial charge is 0.457 e. The third kappa shape index (κ3) is 10.9. The number of rotatable bonds is 7. The van der Waals surface area contributed by atoms with Crippen molar-refractivity contribution in [3.63, 3.8) is 0 Å². The number of amides is 1. The normalized spacial score (nSPS) is 35.2. The van der Waals surface area contributed by atoms with Gasteiger partial charge in [-0.05, 0) is 76.7 Å². The van der Waals surface area contributed by atoms with Crippen LogP contribution in [0.4, 0.5) is 0 Å². The minimum Gasteiger partial charge on any atom is -0.457 e. The van der Waals surface area contributed by atoms with Crippen LogP contribution in [0.25, 0.3) is 0 Å².